The van der Waals surface area contributed by atoms with Crippen LogP contribution >= 0.6 is 15.6 Å². The summed E-state index contributed by atoms with van der Waals surface area (Å²) in [4.78, 5) is 58.3. The van der Waals surface area contributed by atoms with Gasteiger partial charge in [0, 0.05) is 19.3 Å². The van der Waals surface area contributed by atoms with E-state index in [2.05, 4.69) is 118 Å². The van der Waals surface area contributed by atoms with Gasteiger partial charge in [-0.3, -0.25) is 32.5 Å². The minimum atomic E-state index is -4.93. The van der Waals surface area contributed by atoms with Crippen LogP contribution in [-0.4, -0.2) is 95.9 Å². The first-order chi connectivity index (χ1) is 44.2. The van der Waals surface area contributed by atoms with E-state index in [4.69, 9.17) is 32.3 Å². The average Bonchev–Trinajstić information content (AvgIpc) is 3.61. The Bertz CT molecular complexity index is 2100. The lowest BCUT2D eigenvalue weighted by Gasteiger charge is -2.21. The monoisotopic (exact) mass is 1320 g/mol. The van der Waals surface area contributed by atoms with Crippen LogP contribution in [0.2, 0.25) is 0 Å². The zero-order valence-corrected chi connectivity index (χ0v) is 58.5. The first-order valence-corrected chi connectivity index (χ1v) is 38.2. The number of carbonyl (C=O) groups excluding carboxylic acids is 3. The van der Waals surface area contributed by atoms with Gasteiger partial charge < -0.3 is 34.2 Å². The lowest BCUT2D eigenvalue weighted by Crippen LogP contribution is -2.30. The lowest BCUT2D eigenvalue weighted by atomic mass is 10.0. The van der Waals surface area contributed by atoms with Crippen LogP contribution in [0.1, 0.15) is 278 Å². The minimum Gasteiger partial charge on any atom is -0.463 e. The number of unbranched alkanes of at least 4 members (excludes halogenated alkanes) is 25. The second kappa shape index (κ2) is 66.2. The number of carbonyl (C=O) groups is 3. The third kappa shape index (κ3) is 67.4. The van der Waals surface area contributed by atoms with Gasteiger partial charge in [-0.05, 0) is 103 Å². The van der Waals surface area contributed by atoms with Gasteiger partial charge in [-0.25, -0.2) is 9.13 Å². The molecule has 0 aliphatic carbocycles. The molecule has 0 aromatic rings. The van der Waals surface area contributed by atoms with Gasteiger partial charge in [0.25, 0.3) is 0 Å². The van der Waals surface area contributed by atoms with E-state index in [0.29, 0.717) is 25.7 Å². The molecular weight excluding hydrogens is 1190 g/mol. The van der Waals surface area contributed by atoms with Crippen molar-refractivity contribution in [1.29, 1.82) is 0 Å². The number of aliphatic hydroxyl groups is 2. The van der Waals surface area contributed by atoms with Gasteiger partial charge in [-0.2, -0.15) is 0 Å². The molecule has 0 rings (SSSR count). The summed E-state index contributed by atoms with van der Waals surface area (Å²) in [5.41, 5.74) is 0. The predicted molar refractivity (Wildman–Crippen MR) is 371 cm³/mol. The Labute approximate surface area is 551 Å². The van der Waals surface area contributed by atoms with Crippen LogP contribution in [0.3, 0.4) is 0 Å². The number of hydrogen-bond acceptors (Lipinski definition) is 14. The highest BCUT2D eigenvalue weighted by Gasteiger charge is 2.29. The summed E-state index contributed by atoms with van der Waals surface area (Å²) < 4.78 is 60.8. The number of ether oxygens (including phenoxy) is 3. The number of rotatable bonds is 66. The molecule has 0 aliphatic rings. The van der Waals surface area contributed by atoms with Crippen molar-refractivity contribution in [3.8, 4) is 0 Å². The van der Waals surface area contributed by atoms with Crippen LogP contribution in [0.4, 0.5) is 0 Å². The minimum absolute atomic E-state index is 0.0923. The number of esters is 3. The lowest BCUT2D eigenvalue weighted by molar-refractivity contribution is -0.161. The van der Waals surface area contributed by atoms with Gasteiger partial charge >= 0.3 is 33.6 Å². The Hall–Kier alpha value is -3.79. The number of aliphatic hydroxyl groups excluding tert-OH is 2. The van der Waals surface area contributed by atoms with Crippen molar-refractivity contribution >= 4 is 33.6 Å². The molecule has 0 saturated heterocycles. The van der Waals surface area contributed by atoms with Crippen molar-refractivity contribution in [3.05, 3.63) is 109 Å². The second-order valence-electron chi connectivity index (χ2n) is 23.3. The van der Waals surface area contributed by atoms with Gasteiger partial charge in [0.15, 0.2) is 6.10 Å². The zero-order chi connectivity index (χ0) is 66.7. The molecular formula is C73H126O16P2. The highest BCUT2D eigenvalue weighted by atomic mass is 31.2. The molecule has 5 unspecified atom stereocenters. The molecule has 18 heteroatoms. The van der Waals surface area contributed by atoms with Crippen LogP contribution in [0.25, 0.3) is 0 Å². The molecule has 0 aromatic heterocycles. The smallest absolute Gasteiger partial charge is 0.463 e. The van der Waals surface area contributed by atoms with Crippen LogP contribution in [0, 0.1) is 0 Å². The summed E-state index contributed by atoms with van der Waals surface area (Å²) in [6.45, 7) is 2.45. The summed E-state index contributed by atoms with van der Waals surface area (Å²) in [6.07, 6.45) is 74.5. The molecule has 0 amide bonds. The fraction of sp³-hybridized carbons (Fsp3) is 0.712. The molecule has 16 nitrogen and oxygen atoms in total. The van der Waals surface area contributed by atoms with E-state index < -0.39 is 91.5 Å². The maximum atomic E-state index is 12.9. The molecule has 0 saturated carbocycles. The highest BCUT2D eigenvalue weighted by molar-refractivity contribution is 7.47. The molecule has 0 radical (unpaired) electrons. The van der Waals surface area contributed by atoms with E-state index in [-0.39, 0.29) is 19.3 Å². The maximum absolute atomic E-state index is 12.9. The number of phosphoric acid groups is 2. The van der Waals surface area contributed by atoms with Crippen molar-refractivity contribution in [2.45, 2.75) is 296 Å². The van der Waals surface area contributed by atoms with Gasteiger partial charge in [0.1, 0.15) is 25.4 Å². The Kier molecular flexibility index (Phi) is 63.5. The van der Waals surface area contributed by atoms with E-state index in [0.717, 1.165) is 103 Å². The number of phosphoric ester groups is 2. The molecule has 0 aliphatic heterocycles. The van der Waals surface area contributed by atoms with Crippen molar-refractivity contribution in [2.75, 3.05) is 39.6 Å². The topological polar surface area (TPSA) is 231 Å². The molecule has 0 aromatic carbocycles. The van der Waals surface area contributed by atoms with E-state index in [1.165, 1.54) is 109 Å². The van der Waals surface area contributed by atoms with Crippen molar-refractivity contribution < 1.29 is 75.8 Å². The largest absolute Gasteiger partial charge is 0.472 e. The van der Waals surface area contributed by atoms with Gasteiger partial charge in [0.05, 0.1) is 26.4 Å². The second-order valence-corrected chi connectivity index (χ2v) is 26.2. The summed E-state index contributed by atoms with van der Waals surface area (Å²) >= 11 is 0. The van der Waals surface area contributed by atoms with Crippen LogP contribution in [0.15, 0.2) is 109 Å². The van der Waals surface area contributed by atoms with E-state index in [9.17, 15) is 43.5 Å². The SMILES string of the molecule is CC/C=C\C/C=C\C/C=C\C/C=C\C/C=C\CCCC(=O)OCC(COP(=O)(O)OCC(O)COP(=O)(O)OCC(O)COC(=O)CCCCCCCCCCCCC/C=C\C/C=C\C/C=C\C/C=C\CCCCC)OC(=O)CCCCCCCCCCCCC. The molecule has 0 fully saturated rings. The van der Waals surface area contributed by atoms with E-state index in [1.54, 1.807) is 0 Å². The van der Waals surface area contributed by atoms with Crippen molar-refractivity contribution in [2.24, 2.45) is 0 Å². The number of allylic oxidation sites excluding steroid dienone is 18. The van der Waals surface area contributed by atoms with Gasteiger partial charge in [-0.1, -0.05) is 265 Å². The standard InChI is InChI=1S/C73H126O16P2/c1-4-7-10-13-16-19-22-24-26-28-29-30-31-32-33-34-35-36-37-39-41-42-45-47-50-53-56-59-71(76)83-62-68(74)63-85-90(79,80)86-64-69(75)65-87-91(81,82)88-67-70(89-73(78)61-58-55-52-49-44-21-18-15-12-9-6-3)66-84-72(77)60-57-54-51-48-46-43-40-38-27-25-23-20-17-14-11-8-5-2/h8,11,16-17,19-20,24-27,29-30,32-33,40,43,48,51,68-70,74-75H,4-7,9-10,12-15,18,21-23,28,31,34-39,41-42,44-47,49-50,52-67H2,1-3H3,(H,79,80)(H,81,82)/b11-8-,19-16-,20-17-,26-24-,27-25-,30-29-,33-32-,43-40-,51-48-. The summed E-state index contributed by atoms with van der Waals surface area (Å²) in [7, 11) is -9.79. The quantitative estimate of drug-likeness (QED) is 0.0146. The van der Waals surface area contributed by atoms with Crippen molar-refractivity contribution in [1.82, 2.24) is 0 Å². The van der Waals surface area contributed by atoms with E-state index in [1.807, 2.05) is 12.2 Å². The van der Waals surface area contributed by atoms with Crippen molar-refractivity contribution in [3.63, 3.8) is 0 Å². The molecule has 0 spiro atoms. The normalized spacial score (nSPS) is 14.8. The Balaban J connectivity index is 4.50. The fourth-order valence-electron chi connectivity index (χ4n) is 9.12. The first kappa shape index (κ1) is 87.2. The van der Waals surface area contributed by atoms with Crippen LogP contribution in [0.5, 0.6) is 0 Å². The van der Waals surface area contributed by atoms with E-state index >= 15 is 0 Å². The van der Waals surface area contributed by atoms with Gasteiger partial charge in [0.2, 0.25) is 0 Å². The summed E-state index contributed by atoms with van der Waals surface area (Å²) in [5.74, 6) is -1.64. The van der Waals surface area contributed by atoms with Crippen LogP contribution in [-0.2, 0) is 55.8 Å². The average molecular weight is 1320 g/mol. The highest BCUT2D eigenvalue weighted by Crippen LogP contribution is 2.45. The maximum Gasteiger partial charge on any atom is 0.472 e. The van der Waals surface area contributed by atoms with Crippen LogP contribution < -0.4 is 0 Å². The third-order valence-electron chi connectivity index (χ3n) is 14.5. The molecule has 5 atom stereocenters. The Morgan fingerprint density at radius 1 is 0.319 bits per heavy atom. The zero-order valence-electron chi connectivity index (χ0n) is 56.7. The Morgan fingerprint density at radius 3 is 0.989 bits per heavy atom. The predicted octanol–water partition coefficient (Wildman–Crippen LogP) is 19.6. The molecule has 524 valence electrons. The fourth-order valence-corrected chi connectivity index (χ4v) is 10.7. The summed E-state index contributed by atoms with van der Waals surface area (Å²) in [5, 5.41) is 20.5. The molecule has 0 bridgehead atoms. The molecule has 4 N–H and O–H groups in total. The molecule has 91 heavy (non-hydrogen) atoms. The Morgan fingerprint density at radius 2 is 0.593 bits per heavy atom. The van der Waals surface area contributed by atoms with Gasteiger partial charge in [-0.15, -0.1) is 0 Å². The number of hydrogen-bond donors (Lipinski definition) is 4. The first-order valence-electron chi connectivity index (χ1n) is 35.2. The summed E-state index contributed by atoms with van der Waals surface area (Å²) in [6, 6.07) is 0. The molecule has 0 heterocycles. The third-order valence-corrected chi connectivity index (χ3v) is 16.4.